The zero-order valence-corrected chi connectivity index (χ0v) is 14.7. The minimum absolute atomic E-state index is 0.210. The fourth-order valence-corrected chi connectivity index (χ4v) is 3.54. The second-order valence-corrected chi connectivity index (χ2v) is 6.39. The summed E-state index contributed by atoms with van der Waals surface area (Å²) in [5.41, 5.74) is 1.77. The van der Waals surface area contributed by atoms with Gasteiger partial charge in [-0.25, -0.2) is 4.98 Å². The molecule has 0 spiro atoms. The van der Waals surface area contributed by atoms with Crippen LogP contribution in [0.5, 0.6) is 23.0 Å². The fourth-order valence-electron chi connectivity index (χ4n) is 2.71. The number of thiazole rings is 1. The Bertz CT molecular complexity index is 893. The van der Waals surface area contributed by atoms with Gasteiger partial charge in [-0.15, -0.1) is 11.3 Å². The maximum Gasteiger partial charge on any atom is 0.184 e. The lowest BCUT2D eigenvalue weighted by molar-refractivity contribution is 0.0911. The Labute approximate surface area is 149 Å². The smallest absolute Gasteiger partial charge is 0.184 e. The lowest BCUT2D eigenvalue weighted by atomic mass is 10.1. The summed E-state index contributed by atoms with van der Waals surface area (Å²) in [5, 5.41) is 2.88. The van der Waals surface area contributed by atoms with Crippen molar-refractivity contribution < 1.29 is 18.9 Å². The van der Waals surface area contributed by atoms with E-state index in [4.69, 9.17) is 23.9 Å². The summed E-state index contributed by atoms with van der Waals surface area (Å²) in [5.74, 6) is 2.99. The number of benzene rings is 2. The molecule has 1 aromatic heterocycles. The Kier molecular flexibility index (Phi) is 4.19. The van der Waals surface area contributed by atoms with Gasteiger partial charge in [-0.2, -0.15) is 0 Å². The molecule has 128 valence electrons. The molecule has 0 saturated carbocycles. The first-order valence-corrected chi connectivity index (χ1v) is 8.73. The summed E-state index contributed by atoms with van der Waals surface area (Å²) >= 11 is 1.55. The largest absolute Gasteiger partial charge is 0.497 e. The molecule has 4 rings (SSSR count). The van der Waals surface area contributed by atoms with Gasteiger partial charge in [0.15, 0.2) is 17.6 Å². The molecule has 2 aromatic carbocycles. The van der Waals surface area contributed by atoms with Crippen molar-refractivity contribution in [3.63, 3.8) is 0 Å². The van der Waals surface area contributed by atoms with Gasteiger partial charge in [-0.05, 0) is 24.3 Å². The Morgan fingerprint density at radius 1 is 1.08 bits per heavy atom. The highest BCUT2D eigenvalue weighted by atomic mass is 32.1. The van der Waals surface area contributed by atoms with E-state index in [-0.39, 0.29) is 6.10 Å². The maximum atomic E-state index is 6.03. The second kappa shape index (κ2) is 6.64. The Morgan fingerprint density at radius 3 is 2.72 bits per heavy atom. The van der Waals surface area contributed by atoms with Crippen LogP contribution in [0.1, 0.15) is 11.1 Å². The van der Waals surface area contributed by atoms with Gasteiger partial charge in [0.2, 0.25) is 0 Å². The van der Waals surface area contributed by atoms with Crippen LogP contribution >= 0.6 is 11.3 Å². The van der Waals surface area contributed by atoms with Gasteiger partial charge in [0.05, 0.1) is 19.9 Å². The Balaban J connectivity index is 1.61. The normalized spacial score (nSPS) is 15.7. The van der Waals surface area contributed by atoms with Crippen molar-refractivity contribution in [3.05, 3.63) is 52.9 Å². The molecule has 1 aliphatic rings. The average Bonchev–Trinajstić information content (AvgIpc) is 3.17. The van der Waals surface area contributed by atoms with Gasteiger partial charge in [0.1, 0.15) is 23.1 Å². The zero-order valence-electron chi connectivity index (χ0n) is 13.9. The summed E-state index contributed by atoms with van der Waals surface area (Å²) < 4.78 is 22.5. The van der Waals surface area contributed by atoms with Crippen molar-refractivity contribution in [2.24, 2.45) is 0 Å². The van der Waals surface area contributed by atoms with Gasteiger partial charge >= 0.3 is 0 Å². The summed E-state index contributed by atoms with van der Waals surface area (Å²) in [6.45, 7) is 0.448. The fraction of sp³-hybridized carbons (Fsp3) is 0.211. The SMILES string of the molecule is COc1ccc(-c2csc([C@@H]3COc4ccccc4O3)n2)c(OC)c1. The van der Waals surface area contributed by atoms with Crippen LogP contribution in [0.2, 0.25) is 0 Å². The van der Waals surface area contributed by atoms with E-state index in [1.54, 1.807) is 25.6 Å². The lowest BCUT2D eigenvalue weighted by Crippen LogP contribution is -2.21. The first-order valence-electron chi connectivity index (χ1n) is 7.85. The van der Waals surface area contributed by atoms with Crippen molar-refractivity contribution in [1.29, 1.82) is 0 Å². The van der Waals surface area contributed by atoms with Gasteiger partial charge in [0.25, 0.3) is 0 Å². The van der Waals surface area contributed by atoms with Crippen LogP contribution in [-0.4, -0.2) is 25.8 Å². The highest BCUT2D eigenvalue weighted by molar-refractivity contribution is 7.10. The second-order valence-electron chi connectivity index (χ2n) is 5.50. The van der Waals surface area contributed by atoms with E-state index in [1.807, 2.05) is 47.8 Å². The maximum absolute atomic E-state index is 6.03. The molecular weight excluding hydrogens is 338 g/mol. The Morgan fingerprint density at radius 2 is 1.92 bits per heavy atom. The van der Waals surface area contributed by atoms with E-state index in [0.29, 0.717) is 6.61 Å². The van der Waals surface area contributed by atoms with Crippen molar-refractivity contribution in [3.8, 4) is 34.3 Å². The van der Waals surface area contributed by atoms with Crippen LogP contribution in [0, 0.1) is 0 Å². The number of aromatic nitrogens is 1. The molecule has 0 bridgehead atoms. The quantitative estimate of drug-likeness (QED) is 0.697. The molecule has 1 atom stereocenters. The highest BCUT2D eigenvalue weighted by Crippen LogP contribution is 2.39. The van der Waals surface area contributed by atoms with E-state index in [0.717, 1.165) is 39.3 Å². The van der Waals surface area contributed by atoms with Crippen LogP contribution in [0.25, 0.3) is 11.3 Å². The predicted molar refractivity (Wildman–Crippen MR) is 96.0 cm³/mol. The molecule has 5 nitrogen and oxygen atoms in total. The van der Waals surface area contributed by atoms with Crippen LogP contribution in [0.15, 0.2) is 47.8 Å². The third-order valence-electron chi connectivity index (χ3n) is 3.99. The Hall–Kier alpha value is -2.73. The predicted octanol–water partition coefficient (Wildman–Crippen LogP) is 4.34. The van der Waals surface area contributed by atoms with E-state index >= 15 is 0 Å². The summed E-state index contributed by atoms with van der Waals surface area (Å²) in [6, 6.07) is 13.4. The lowest BCUT2D eigenvalue weighted by Gasteiger charge is -2.24. The van der Waals surface area contributed by atoms with Gasteiger partial charge < -0.3 is 18.9 Å². The molecule has 0 unspecified atom stereocenters. The van der Waals surface area contributed by atoms with Crippen molar-refractivity contribution in [1.82, 2.24) is 4.98 Å². The number of hydrogen-bond donors (Lipinski definition) is 0. The number of hydrogen-bond acceptors (Lipinski definition) is 6. The molecule has 0 N–H and O–H groups in total. The molecule has 2 heterocycles. The molecule has 1 aliphatic heterocycles. The average molecular weight is 355 g/mol. The van der Waals surface area contributed by atoms with Crippen molar-refractivity contribution >= 4 is 11.3 Å². The van der Waals surface area contributed by atoms with Crippen molar-refractivity contribution in [2.45, 2.75) is 6.10 Å². The molecule has 0 aliphatic carbocycles. The van der Waals surface area contributed by atoms with Crippen molar-refractivity contribution in [2.75, 3.05) is 20.8 Å². The zero-order chi connectivity index (χ0) is 17.2. The van der Waals surface area contributed by atoms with Gasteiger partial charge in [-0.3, -0.25) is 0 Å². The minimum Gasteiger partial charge on any atom is -0.497 e. The first kappa shape index (κ1) is 15.8. The minimum atomic E-state index is -0.210. The monoisotopic (exact) mass is 355 g/mol. The molecular formula is C19H17NO4S. The van der Waals surface area contributed by atoms with Gasteiger partial charge in [-0.1, -0.05) is 12.1 Å². The standard InChI is InChI=1S/C19H17NO4S/c1-21-12-7-8-13(17(9-12)22-2)14-11-25-19(20-14)18-10-23-15-5-3-4-6-16(15)24-18/h3-9,11,18H,10H2,1-2H3/t18-/m0/s1. The number of ether oxygens (including phenoxy) is 4. The molecule has 25 heavy (non-hydrogen) atoms. The third kappa shape index (κ3) is 3.00. The number of fused-ring (bicyclic) bond motifs is 1. The van der Waals surface area contributed by atoms with E-state index < -0.39 is 0 Å². The number of para-hydroxylation sites is 2. The van der Waals surface area contributed by atoms with E-state index in [9.17, 15) is 0 Å². The first-order chi connectivity index (χ1) is 12.3. The topological polar surface area (TPSA) is 49.8 Å². The molecule has 0 radical (unpaired) electrons. The third-order valence-corrected chi connectivity index (χ3v) is 4.93. The van der Waals surface area contributed by atoms with Crippen LogP contribution < -0.4 is 18.9 Å². The molecule has 3 aromatic rings. The summed E-state index contributed by atoms with van der Waals surface area (Å²) in [6.07, 6.45) is -0.210. The molecule has 0 amide bonds. The molecule has 0 saturated heterocycles. The number of nitrogens with zero attached hydrogens (tertiary/aromatic N) is 1. The summed E-state index contributed by atoms with van der Waals surface area (Å²) in [4.78, 5) is 4.73. The van der Waals surface area contributed by atoms with Crippen LogP contribution in [0.3, 0.4) is 0 Å². The van der Waals surface area contributed by atoms with Crippen LogP contribution in [-0.2, 0) is 0 Å². The van der Waals surface area contributed by atoms with Gasteiger partial charge in [0, 0.05) is 17.0 Å². The number of methoxy groups -OCH3 is 2. The highest BCUT2D eigenvalue weighted by Gasteiger charge is 2.25. The molecule has 6 heteroatoms. The van der Waals surface area contributed by atoms with E-state index in [2.05, 4.69) is 0 Å². The summed E-state index contributed by atoms with van der Waals surface area (Å²) in [7, 11) is 3.27. The number of rotatable bonds is 4. The van der Waals surface area contributed by atoms with Crippen LogP contribution in [0.4, 0.5) is 0 Å². The van der Waals surface area contributed by atoms with E-state index in [1.165, 1.54) is 0 Å². The molecule has 0 fully saturated rings.